The van der Waals surface area contributed by atoms with Gasteiger partial charge in [-0.2, -0.15) is 9.67 Å². The molecule has 0 unspecified atom stereocenters. The molecular formula is C17H14ClN5O. The van der Waals surface area contributed by atoms with Crippen LogP contribution in [0.1, 0.15) is 5.56 Å². The first kappa shape index (κ1) is 15.8. The number of rotatable bonds is 4. The van der Waals surface area contributed by atoms with E-state index in [9.17, 15) is 4.79 Å². The van der Waals surface area contributed by atoms with Gasteiger partial charge in [-0.3, -0.25) is 10.1 Å². The Labute approximate surface area is 143 Å². The molecular weight excluding hydrogens is 326 g/mol. The fourth-order valence-electron chi connectivity index (χ4n) is 2.06. The smallest absolute Gasteiger partial charge is 0.251 e. The Morgan fingerprint density at radius 3 is 2.58 bits per heavy atom. The molecule has 0 bridgehead atoms. The Kier molecular flexibility index (Phi) is 4.58. The number of carbonyl (C=O) groups excluding carboxylic acids is 1. The molecule has 0 atom stereocenters. The molecule has 1 aromatic heterocycles. The summed E-state index contributed by atoms with van der Waals surface area (Å²) in [6, 6.07) is 16.5. The van der Waals surface area contributed by atoms with Crippen LogP contribution in [0.15, 0.2) is 60.7 Å². The zero-order valence-corrected chi connectivity index (χ0v) is 13.3. The van der Waals surface area contributed by atoms with E-state index in [0.717, 1.165) is 11.3 Å². The van der Waals surface area contributed by atoms with Gasteiger partial charge in [0.1, 0.15) is 0 Å². The first-order valence-corrected chi connectivity index (χ1v) is 7.53. The van der Waals surface area contributed by atoms with Gasteiger partial charge in [0.25, 0.3) is 11.9 Å². The van der Waals surface area contributed by atoms with Crippen molar-refractivity contribution >= 4 is 35.5 Å². The summed E-state index contributed by atoms with van der Waals surface area (Å²) < 4.78 is 1.45. The SMILES string of the molecule is Nc1nc(NC(=O)/C=C/c2ccccc2Cl)nn1-c1ccccc1. The predicted molar refractivity (Wildman–Crippen MR) is 94.9 cm³/mol. The van der Waals surface area contributed by atoms with E-state index in [1.54, 1.807) is 12.1 Å². The maximum atomic E-state index is 12.0. The van der Waals surface area contributed by atoms with E-state index >= 15 is 0 Å². The summed E-state index contributed by atoms with van der Waals surface area (Å²) in [5, 5.41) is 7.32. The Hall–Kier alpha value is -3.12. The molecule has 0 saturated carbocycles. The van der Waals surface area contributed by atoms with Crippen LogP contribution in [0.5, 0.6) is 0 Å². The van der Waals surface area contributed by atoms with Crippen molar-refractivity contribution in [1.82, 2.24) is 14.8 Å². The highest BCUT2D eigenvalue weighted by atomic mass is 35.5. The van der Waals surface area contributed by atoms with Crippen LogP contribution in [0.4, 0.5) is 11.9 Å². The number of hydrogen-bond donors (Lipinski definition) is 2. The summed E-state index contributed by atoms with van der Waals surface area (Å²) in [6.07, 6.45) is 2.98. The van der Waals surface area contributed by atoms with Crippen LogP contribution in [0, 0.1) is 0 Å². The molecule has 0 spiro atoms. The molecule has 0 aliphatic heterocycles. The number of hydrogen-bond acceptors (Lipinski definition) is 4. The van der Waals surface area contributed by atoms with Gasteiger partial charge in [-0.25, -0.2) is 0 Å². The maximum Gasteiger partial charge on any atom is 0.251 e. The quantitative estimate of drug-likeness (QED) is 0.715. The van der Waals surface area contributed by atoms with Crippen molar-refractivity contribution in [2.24, 2.45) is 0 Å². The average Bonchev–Trinajstić information content (AvgIpc) is 2.95. The number of nitrogens with zero attached hydrogens (tertiary/aromatic N) is 3. The zero-order valence-electron chi connectivity index (χ0n) is 12.6. The lowest BCUT2D eigenvalue weighted by Crippen LogP contribution is -2.09. The summed E-state index contributed by atoms with van der Waals surface area (Å²) in [5.74, 6) is -0.0584. The van der Waals surface area contributed by atoms with Gasteiger partial charge >= 0.3 is 0 Å². The molecule has 3 rings (SSSR count). The average molecular weight is 340 g/mol. The number of nitrogen functional groups attached to an aromatic ring is 1. The fourth-order valence-corrected chi connectivity index (χ4v) is 2.26. The van der Waals surface area contributed by atoms with Crippen molar-refractivity contribution in [2.75, 3.05) is 11.1 Å². The summed E-state index contributed by atoms with van der Waals surface area (Å²) in [6.45, 7) is 0. The van der Waals surface area contributed by atoms with Crippen LogP contribution >= 0.6 is 11.6 Å². The number of para-hydroxylation sites is 1. The zero-order chi connectivity index (χ0) is 16.9. The molecule has 3 aromatic rings. The monoisotopic (exact) mass is 339 g/mol. The number of nitrogens with one attached hydrogen (secondary N) is 1. The number of amides is 1. The molecule has 24 heavy (non-hydrogen) atoms. The Bertz CT molecular complexity index is 889. The number of benzene rings is 2. The van der Waals surface area contributed by atoms with Crippen LogP contribution in [0.2, 0.25) is 5.02 Å². The van der Waals surface area contributed by atoms with E-state index in [4.69, 9.17) is 17.3 Å². The molecule has 0 fully saturated rings. The van der Waals surface area contributed by atoms with Crippen molar-refractivity contribution < 1.29 is 4.79 Å². The minimum absolute atomic E-state index is 0.130. The van der Waals surface area contributed by atoms with Crippen LogP contribution < -0.4 is 11.1 Å². The van der Waals surface area contributed by atoms with Gasteiger partial charge in [0.05, 0.1) is 5.69 Å². The van der Waals surface area contributed by atoms with E-state index in [1.807, 2.05) is 48.5 Å². The van der Waals surface area contributed by atoms with Crippen molar-refractivity contribution in [3.63, 3.8) is 0 Å². The van der Waals surface area contributed by atoms with E-state index in [1.165, 1.54) is 10.8 Å². The Morgan fingerprint density at radius 1 is 1.12 bits per heavy atom. The van der Waals surface area contributed by atoms with Crippen LogP contribution in [-0.2, 0) is 4.79 Å². The van der Waals surface area contributed by atoms with E-state index in [2.05, 4.69) is 15.4 Å². The Morgan fingerprint density at radius 2 is 1.83 bits per heavy atom. The lowest BCUT2D eigenvalue weighted by atomic mass is 10.2. The van der Waals surface area contributed by atoms with Gasteiger partial charge in [0.15, 0.2) is 0 Å². The molecule has 120 valence electrons. The maximum absolute atomic E-state index is 12.0. The van der Waals surface area contributed by atoms with Crippen LogP contribution in [0.25, 0.3) is 11.8 Å². The standard InChI is InChI=1S/C17H14ClN5O/c18-14-9-5-4-6-12(14)10-11-15(24)20-17-21-16(19)23(22-17)13-7-2-1-3-8-13/h1-11H,(H3,19,20,21,22,24)/b11-10+. The molecule has 3 N–H and O–H groups in total. The first-order chi connectivity index (χ1) is 11.6. The molecule has 0 aliphatic carbocycles. The number of nitrogens with two attached hydrogens (primary N) is 1. The van der Waals surface area contributed by atoms with Crippen molar-refractivity contribution in [3.8, 4) is 5.69 Å². The third-order valence-electron chi connectivity index (χ3n) is 3.19. The second-order valence-corrected chi connectivity index (χ2v) is 5.29. The van der Waals surface area contributed by atoms with Crippen molar-refractivity contribution in [1.29, 1.82) is 0 Å². The van der Waals surface area contributed by atoms with Crippen molar-refractivity contribution in [2.45, 2.75) is 0 Å². The van der Waals surface area contributed by atoms with Gasteiger partial charge in [-0.15, -0.1) is 5.10 Å². The first-order valence-electron chi connectivity index (χ1n) is 7.15. The Balaban J connectivity index is 1.73. The van der Waals surface area contributed by atoms with Gasteiger partial charge in [-0.05, 0) is 29.8 Å². The number of carbonyl (C=O) groups is 1. The summed E-state index contributed by atoms with van der Waals surface area (Å²) in [5.41, 5.74) is 7.34. The van der Waals surface area contributed by atoms with Crippen LogP contribution in [0.3, 0.4) is 0 Å². The normalized spacial score (nSPS) is 10.9. The van der Waals surface area contributed by atoms with E-state index in [-0.39, 0.29) is 17.8 Å². The van der Waals surface area contributed by atoms with Gasteiger partial charge in [0.2, 0.25) is 5.95 Å². The topological polar surface area (TPSA) is 85.8 Å². The highest BCUT2D eigenvalue weighted by Gasteiger charge is 2.10. The predicted octanol–water partition coefficient (Wildman–Crippen LogP) is 3.15. The molecule has 0 aliphatic rings. The molecule has 1 heterocycles. The fraction of sp³-hybridized carbons (Fsp3) is 0. The molecule has 1 amide bonds. The second kappa shape index (κ2) is 6.97. The third kappa shape index (κ3) is 3.61. The third-order valence-corrected chi connectivity index (χ3v) is 3.53. The van der Waals surface area contributed by atoms with Crippen LogP contribution in [-0.4, -0.2) is 20.7 Å². The highest BCUT2D eigenvalue weighted by Crippen LogP contribution is 2.16. The summed E-state index contributed by atoms with van der Waals surface area (Å²) in [7, 11) is 0. The number of anilines is 2. The minimum atomic E-state index is -0.375. The molecule has 0 radical (unpaired) electrons. The molecule has 2 aromatic carbocycles. The minimum Gasteiger partial charge on any atom is -0.368 e. The van der Waals surface area contributed by atoms with Gasteiger partial charge in [0, 0.05) is 11.1 Å². The van der Waals surface area contributed by atoms with Gasteiger partial charge in [-0.1, -0.05) is 48.0 Å². The van der Waals surface area contributed by atoms with Crippen molar-refractivity contribution in [3.05, 3.63) is 71.3 Å². The van der Waals surface area contributed by atoms with E-state index in [0.29, 0.717) is 5.02 Å². The lowest BCUT2D eigenvalue weighted by Gasteiger charge is -2.00. The largest absolute Gasteiger partial charge is 0.368 e. The molecule has 7 heteroatoms. The highest BCUT2D eigenvalue weighted by molar-refractivity contribution is 6.32. The van der Waals surface area contributed by atoms with E-state index < -0.39 is 0 Å². The number of aromatic nitrogens is 3. The number of halogens is 1. The van der Waals surface area contributed by atoms with Gasteiger partial charge < -0.3 is 5.73 Å². The summed E-state index contributed by atoms with van der Waals surface area (Å²) >= 11 is 6.03. The lowest BCUT2D eigenvalue weighted by molar-refractivity contribution is -0.111. The molecule has 0 saturated heterocycles. The summed E-state index contributed by atoms with van der Waals surface area (Å²) in [4.78, 5) is 16.0. The second-order valence-electron chi connectivity index (χ2n) is 4.89. The molecule has 6 nitrogen and oxygen atoms in total.